The highest BCUT2D eigenvalue weighted by Crippen LogP contribution is 2.49. The van der Waals surface area contributed by atoms with Crippen molar-refractivity contribution in [2.75, 3.05) is 4.90 Å². The monoisotopic (exact) mass is 930 g/mol. The van der Waals surface area contributed by atoms with Crippen LogP contribution in [0.3, 0.4) is 0 Å². The molecule has 0 saturated carbocycles. The largest absolute Gasteiger partial charge is 0.309 e. The van der Waals surface area contributed by atoms with Crippen LogP contribution in [0, 0.1) is 0 Å². The van der Waals surface area contributed by atoms with E-state index in [4.69, 9.17) is 0 Å². The van der Waals surface area contributed by atoms with E-state index in [1.54, 1.807) is 0 Å². The lowest BCUT2D eigenvalue weighted by molar-refractivity contribution is 0.590. The Morgan fingerprint density at radius 1 is 0.319 bits per heavy atom. The predicted molar refractivity (Wildman–Crippen MR) is 312 cm³/mol. The first-order chi connectivity index (χ1) is 34.6. The van der Waals surface area contributed by atoms with Crippen molar-refractivity contribution in [3.05, 3.63) is 229 Å². The molecule has 0 saturated heterocycles. The van der Waals surface area contributed by atoms with E-state index in [1.165, 1.54) is 110 Å². The van der Waals surface area contributed by atoms with Gasteiger partial charge in [0.15, 0.2) is 0 Å². The zero-order chi connectivity index (χ0) is 49.7. The summed E-state index contributed by atoms with van der Waals surface area (Å²) in [7, 11) is 0. The summed E-state index contributed by atoms with van der Waals surface area (Å²) in [5, 5.41) is 9.99. The number of aromatic nitrogens is 1. The van der Waals surface area contributed by atoms with E-state index in [0.717, 1.165) is 17.1 Å². The molecule has 0 aliphatic rings. The Balaban J connectivity index is 1.14. The first-order valence-electron chi connectivity index (χ1n) is 25.7. The van der Waals surface area contributed by atoms with E-state index >= 15 is 0 Å². The van der Waals surface area contributed by atoms with E-state index in [2.05, 4.69) is 284 Å². The summed E-state index contributed by atoms with van der Waals surface area (Å²) < 4.78 is 2.47. The van der Waals surface area contributed by atoms with Crippen molar-refractivity contribution in [3.63, 3.8) is 0 Å². The summed E-state index contributed by atoms with van der Waals surface area (Å²) in [6.07, 6.45) is 0. The Kier molecular flexibility index (Phi) is 10.6. The molecule has 0 spiro atoms. The molecule has 72 heavy (non-hydrogen) atoms. The molecule has 0 N–H and O–H groups in total. The van der Waals surface area contributed by atoms with E-state index in [-0.39, 0.29) is 16.2 Å². The topological polar surface area (TPSA) is 8.17 Å². The average molecular weight is 931 g/mol. The highest BCUT2D eigenvalue weighted by Gasteiger charge is 2.25. The molecule has 11 aromatic carbocycles. The van der Waals surface area contributed by atoms with Gasteiger partial charge in [-0.1, -0.05) is 226 Å². The van der Waals surface area contributed by atoms with Crippen LogP contribution < -0.4 is 4.90 Å². The molecule has 0 aliphatic heterocycles. The molecule has 0 radical (unpaired) electrons. The molecule has 0 aliphatic carbocycles. The molecule has 352 valence electrons. The van der Waals surface area contributed by atoms with Crippen molar-refractivity contribution < 1.29 is 0 Å². The number of nitrogens with zero attached hydrogens (tertiary/aromatic N) is 2. The Bertz CT molecular complexity index is 3870. The van der Waals surface area contributed by atoms with Gasteiger partial charge in [0.25, 0.3) is 0 Å². The van der Waals surface area contributed by atoms with Gasteiger partial charge in [-0.2, -0.15) is 0 Å². The first kappa shape index (κ1) is 45.2. The van der Waals surface area contributed by atoms with Gasteiger partial charge < -0.3 is 9.47 Å². The van der Waals surface area contributed by atoms with Crippen LogP contribution >= 0.6 is 0 Å². The van der Waals surface area contributed by atoms with E-state index in [0.29, 0.717) is 0 Å². The van der Waals surface area contributed by atoms with Crippen molar-refractivity contribution in [2.45, 2.75) is 78.6 Å². The first-order valence-corrected chi connectivity index (χ1v) is 25.7. The number of rotatable bonds is 7. The molecule has 1 heterocycles. The fourth-order valence-corrected chi connectivity index (χ4v) is 11.2. The van der Waals surface area contributed by atoms with Crippen molar-refractivity contribution in [3.8, 4) is 39.1 Å². The predicted octanol–water partition coefficient (Wildman–Crippen LogP) is 20.0. The van der Waals surface area contributed by atoms with Crippen LogP contribution in [0.4, 0.5) is 17.1 Å². The standard InChI is InChI=1S/C70H62N2/c1-68(2,3)52-32-22-45(23-33-52)50-42-51(46-24-34-53(35-25-46)69(4,5)6)44-55(43-50)71(61-19-13-10-16-56(61)47-26-36-54(37-27-47)70(7,8)9)64-40-30-48-29-39-60-65(41-31-49-28-38-59(64)66(48)67(49)60)72-62-20-14-11-17-57(62)58-18-12-15-21-63(58)72/h10-44H,1-9H3. The zero-order valence-corrected chi connectivity index (χ0v) is 43.1. The minimum Gasteiger partial charge on any atom is -0.309 e. The fraction of sp³-hybridized carbons (Fsp3) is 0.171. The minimum atomic E-state index is 0.0419. The zero-order valence-electron chi connectivity index (χ0n) is 43.1. The number of fused-ring (bicyclic) bond motifs is 3. The maximum Gasteiger partial charge on any atom is 0.0541 e. The maximum absolute atomic E-state index is 2.55. The molecular weight excluding hydrogens is 869 g/mol. The summed E-state index contributed by atoms with van der Waals surface area (Å²) in [6.45, 7) is 20.6. The average Bonchev–Trinajstić information content (AvgIpc) is 3.72. The maximum atomic E-state index is 2.55. The third-order valence-electron chi connectivity index (χ3n) is 15.2. The van der Waals surface area contributed by atoms with E-state index < -0.39 is 0 Å². The SMILES string of the molecule is CC(C)(C)c1ccc(-c2cc(-c3ccc(C(C)(C)C)cc3)cc(N(c3ccccc3-c3ccc(C(C)(C)C)cc3)c3ccc4ccc5c(-n6c7ccccc7c7ccccc76)ccc6ccc3c4c65)c2)cc1. The van der Waals surface area contributed by atoms with Crippen LogP contribution in [0.25, 0.3) is 93.2 Å². The molecule has 1 aromatic heterocycles. The molecular formula is C70H62N2. The molecule has 0 atom stereocenters. The van der Waals surface area contributed by atoms with Crippen molar-refractivity contribution >= 4 is 71.2 Å². The van der Waals surface area contributed by atoms with Gasteiger partial charge >= 0.3 is 0 Å². The number of para-hydroxylation sites is 3. The Labute approximate surface area is 425 Å². The lowest BCUT2D eigenvalue weighted by atomic mass is 9.85. The lowest BCUT2D eigenvalue weighted by Gasteiger charge is -2.31. The summed E-state index contributed by atoms with van der Waals surface area (Å²) >= 11 is 0. The van der Waals surface area contributed by atoms with Crippen LogP contribution in [0.1, 0.15) is 79.0 Å². The molecule has 0 amide bonds. The van der Waals surface area contributed by atoms with Gasteiger partial charge in [0, 0.05) is 32.8 Å². The van der Waals surface area contributed by atoms with Gasteiger partial charge in [-0.15, -0.1) is 0 Å². The van der Waals surface area contributed by atoms with Gasteiger partial charge in [0.1, 0.15) is 0 Å². The van der Waals surface area contributed by atoms with Crippen molar-refractivity contribution in [1.29, 1.82) is 0 Å². The van der Waals surface area contributed by atoms with Crippen molar-refractivity contribution in [2.24, 2.45) is 0 Å². The number of anilines is 3. The van der Waals surface area contributed by atoms with E-state index in [1.807, 2.05) is 0 Å². The smallest absolute Gasteiger partial charge is 0.0541 e. The molecule has 0 unspecified atom stereocenters. The Hall–Kier alpha value is -7.94. The summed E-state index contributed by atoms with van der Waals surface area (Å²) in [6, 6.07) is 80.3. The van der Waals surface area contributed by atoms with Gasteiger partial charge in [-0.25, -0.2) is 0 Å². The molecule has 2 heteroatoms. The molecule has 2 nitrogen and oxygen atoms in total. The lowest BCUT2D eigenvalue weighted by Crippen LogP contribution is -2.13. The van der Waals surface area contributed by atoms with Gasteiger partial charge in [-0.05, 0) is 131 Å². The normalized spacial score (nSPS) is 12.5. The second-order valence-corrected chi connectivity index (χ2v) is 23.1. The van der Waals surface area contributed by atoms with Crippen LogP contribution in [-0.2, 0) is 16.2 Å². The molecule has 12 aromatic rings. The highest BCUT2D eigenvalue weighted by atomic mass is 15.1. The van der Waals surface area contributed by atoms with Crippen LogP contribution in [0.15, 0.2) is 212 Å². The van der Waals surface area contributed by atoms with Gasteiger partial charge in [0.05, 0.1) is 28.1 Å². The minimum absolute atomic E-state index is 0.0419. The number of hydrogen-bond donors (Lipinski definition) is 0. The summed E-state index contributed by atoms with van der Waals surface area (Å²) in [5.41, 5.74) is 18.2. The second kappa shape index (κ2) is 16.8. The number of benzene rings is 11. The van der Waals surface area contributed by atoms with Crippen LogP contribution in [-0.4, -0.2) is 4.57 Å². The van der Waals surface area contributed by atoms with Gasteiger partial charge in [0.2, 0.25) is 0 Å². The number of hydrogen-bond acceptors (Lipinski definition) is 1. The second-order valence-electron chi connectivity index (χ2n) is 23.1. The molecule has 0 fully saturated rings. The third kappa shape index (κ3) is 7.73. The molecule has 0 bridgehead atoms. The van der Waals surface area contributed by atoms with Crippen LogP contribution in [0.2, 0.25) is 0 Å². The fourth-order valence-electron chi connectivity index (χ4n) is 11.2. The van der Waals surface area contributed by atoms with Crippen LogP contribution in [0.5, 0.6) is 0 Å². The third-order valence-corrected chi connectivity index (χ3v) is 15.2. The highest BCUT2D eigenvalue weighted by molar-refractivity contribution is 6.27. The Morgan fingerprint density at radius 2 is 0.750 bits per heavy atom. The summed E-state index contributed by atoms with van der Waals surface area (Å²) in [4.78, 5) is 2.55. The molecule has 12 rings (SSSR count). The Morgan fingerprint density at radius 3 is 1.28 bits per heavy atom. The quantitative estimate of drug-likeness (QED) is 0.145. The van der Waals surface area contributed by atoms with E-state index in [9.17, 15) is 0 Å². The summed E-state index contributed by atoms with van der Waals surface area (Å²) in [5.74, 6) is 0. The van der Waals surface area contributed by atoms with Crippen molar-refractivity contribution in [1.82, 2.24) is 4.57 Å². The van der Waals surface area contributed by atoms with Gasteiger partial charge in [-0.3, -0.25) is 0 Å².